The first-order chi connectivity index (χ1) is 12.1. The van der Waals surface area contributed by atoms with Crippen LogP contribution in [0.15, 0.2) is 60.8 Å². The van der Waals surface area contributed by atoms with Gasteiger partial charge in [0.2, 0.25) is 0 Å². The molecule has 3 aromatic rings. The number of aromatic amines is 1. The summed E-state index contributed by atoms with van der Waals surface area (Å²) in [5.74, 6) is -0.955. The first-order valence-electron chi connectivity index (χ1n) is 7.28. The van der Waals surface area contributed by atoms with Crippen LogP contribution in [0.1, 0.15) is 20.8 Å². The molecular formula is C17H13ClN4O2S. The molecule has 0 radical (unpaired) electrons. The summed E-state index contributed by atoms with van der Waals surface area (Å²) in [5, 5.41) is 0.523. The van der Waals surface area contributed by atoms with E-state index in [-0.39, 0.29) is 5.69 Å². The third kappa shape index (κ3) is 3.78. The van der Waals surface area contributed by atoms with Gasteiger partial charge >= 0.3 is 0 Å². The van der Waals surface area contributed by atoms with Gasteiger partial charge < -0.3 is 4.98 Å². The van der Waals surface area contributed by atoms with Crippen LogP contribution in [0.3, 0.4) is 0 Å². The Kier molecular flexibility index (Phi) is 4.97. The van der Waals surface area contributed by atoms with Crippen molar-refractivity contribution in [3.63, 3.8) is 0 Å². The van der Waals surface area contributed by atoms with Gasteiger partial charge in [-0.15, -0.1) is 0 Å². The molecule has 126 valence electrons. The second kappa shape index (κ2) is 7.33. The number of benzene rings is 2. The molecule has 6 nitrogen and oxygen atoms in total. The highest BCUT2D eigenvalue weighted by atomic mass is 35.5. The molecule has 8 heteroatoms. The second-order valence-electron chi connectivity index (χ2n) is 5.07. The number of hydrogen-bond donors (Lipinski definition) is 3. The van der Waals surface area contributed by atoms with Gasteiger partial charge in [0.25, 0.3) is 11.8 Å². The zero-order chi connectivity index (χ0) is 17.8. The van der Waals surface area contributed by atoms with Gasteiger partial charge in [-0.05, 0) is 48.6 Å². The Balaban J connectivity index is 1.75. The first-order valence-corrected chi connectivity index (χ1v) is 8.07. The van der Waals surface area contributed by atoms with Crippen molar-refractivity contribution in [1.82, 2.24) is 20.4 Å². The Morgan fingerprint density at radius 3 is 2.28 bits per heavy atom. The standard InChI is InChI=1S/C17H13ClN4O2S/c18-12-8-6-11(7-9-12)15(23)20-21-16(24)14-10-19-17(25)22(14)13-4-2-1-3-5-13/h1-10H,(H,19,25)(H,20,23)(H,21,24). The molecule has 0 fully saturated rings. The fourth-order valence-corrected chi connectivity index (χ4v) is 2.61. The predicted molar refractivity (Wildman–Crippen MR) is 97.3 cm³/mol. The van der Waals surface area contributed by atoms with E-state index in [1.165, 1.54) is 6.20 Å². The van der Waals surface area contributed by atoms with E-state index >= 15 is 0 Å². The SMILES string of the molecule is O=C(NNC(=O)c1c[nH]c(=S)n1-c1ccccc1)c1ccc(Cl)cc1. The highest BCUT2D eigenvalue weighted by Gasteiger charge is 2.15. The molecule has 0 saturated heterocycles. The molecule has 2 aromatic carbocycles. The molecule has 2 amide bonds. The molecule has 3 N–H and O–H groups in total. The molecule has 0 aliphatic carbocycles. The van der Waals surface area contributed by atoms with E-state index in [4.69, 9.17) is 23.8 Å². The summed E-state index contributed by atoms with van der Waals surface area (Å²) in [6, 6.07) is 15.5. The number of aromatic nitrogens is 2. The normalized spacial score (nSPS) is 10.3. The van der Waals surface area contributed by atoms with Gasteiger partial charge in [0, 0.05) is 22.5 Å². The highest BCUT2D eigenvalue weighted by molar-refractivity contribution is 7.71. The lowest BCUT2D eigenvalue weighted by Crippen LogP contribution is -2.42. The zero-order valence-electron chi connectivity index (χ0n) is 12.8. The van der Waals surface area contributed by atoms with Crippen LogP contribution in [0, 0.1) is 4.77 Å². The van der Waals surface area contributed by atoms with Crippen LogP contribution >= 0.6 is 23.8 Å². The van der Waals surface area contributed by atoms with Crippen LogP contribution in [0.5, 0.6) is 0 Å². The van der Waals surface area contributed by atoms with Gasteiger partial charge in [0.05, 0.1) is 0 Å². The molecule has 0 bridgehead atoms. The Morgan fingerprint density at radius 2 is 1.60 bits per heavy atom. The summed E-state index contributed by atoms with van der Waals surface area (Å²) in [7, 11) is 0. The van der Waals surface area contributed by atoms with Crippen LogP contribution in [-0.2, 0) is 0 Å². The summed E-state index contributed by atoms with van der Waals surface area (Å²) < 4.78 is 1.96. The number of hydrogen-bond acceptors (Lipinski definition) is 3. The van der Waals surface area contributed by atoms with Gasteiger partial charge in [0.15, 0.2) is 4.77 Å². The van der Waals surface area contributed by atoms with E-state index in [2.05, 4.69) is 15.8 Å². The maximum absolute atomic E-state index is 12.4. The van der Waals surface area contributed by atoms with Crippen LogP contribution in [0.25, 0.3) is 5.69 Å². The van der Waals surface area contributed by atoms with Gasteiger partial charge in [-0.3, -0.25) is 25.0 Å². The van der Waals surface area contributed by atoms with Crippen molar-refractivity contribution < 1.29 is 9.59 Å². The summed E-state index contributed by atoms with van der Waals surface area (Å²) in [4.78, 5) is 27.3. The van der Waals surface area contributed by atoms with Crippen molar-refractivity contribution in [2.45, 2.75) is 0 Å². The minimum atomic E-state index is -0.501. The first kappa shape index (κ1) is 16.9. The number of carbonyl (C=O) groups excluding carboxylic acids is 2. The Bertz CT molecular complexity index is 964. The van der Waals surface area contributed by atoms with Crippen molar-refractivity contribution in [3.05, 3.63) is 81.8 Å². The number of H-pyrrole nitrogens is 1. The number of nitrogens with zero attached hydrogens (tertiary/aromatic N) is 1. The average Bonchev–Trinajstić information content (AvgIpc) is 3.02. The number of halogens is 1. The van der Waals surface area contributed by atoms with Gasteiger partial charge in [-0.25, -0.2) is 0 Å². The summed E-state index contributed by atoms with van der Waals surface area (Å²) in [6.45, 7) is 0. The van der Waals surface area contributed by atoms with Crippen molar-refractivity contribution in [2.24, 2.45) is 0 Å². The maximum Gasteiger partial charge on any atom is 0.288 e. The van der Waals surface area contributed by atoms with E-state index in [1.54, 1.807) is 28.8 Å². The fourth-order valence-electron chi connectivity index (χ4n) is 2.22. The zero-order valence-corrected chi connectivity index (χ0v) is 14.4. The van der Waals surface area contributed by atoms with Crippen molar-refractivity contribution in [1.29, 1.82) is 0 Å². The number of rotatable bonds is 3. The molecule has 0 saturated carbocycles. The van der Waals surface area contributed by atoms with Gasteiger partial charge in [-0.2, -0.15) is 0 Å². The molecule has 25 heavy (non-hydrogen) atoms. The lowest BCUT2D eigenvalue weighted by atomic mass is 10.2. The molecule has 0 aliphatic rings. The minimum Gasteiger partial charge on any atom is -0.336 e. The monoisotopic (exact) mass is 372 g/mol. The molecule has 0 spiro atoms. The fraction of sp³-hybridized carbons (Fsp3) is 0. The quantitative estimate of drug-likeness (QED) is 0.487. The number of hydrazine groups is 1. The summed E-state index contributed by atoms with van der Waals surface area (Å²) >= 11 is 11.0. The number of carbonyl (C=O) groups is 2. The number of imidazole rings is 1. The number of amides is 2. The summed E-state index contributed by atoms with van der Waals surface area (Å²) in [5.41, 5.74) is 6.12. The maximum atomic E-state index is 12.4. The van der Waals surface area contributed by atoms with E-state index in [9.17, 15) is 9.59 Å². The third-order valence-electron chi connectivity index (χ3n) is 3.42. The van der Waals surface area contributed by atoms with Crippen molar-refractivity contribution in [2.75, 3.05) is 0 Å². The van der Waals surface area contributed by atoms with Crippen molar-refractivity contribution >= 4 is 35.6 Å². The molecule has 0 atom stereocenters. The van der Waals surface area contributed by atoms with Crippen LogP contribution in [-0.4, -0.2) is 21.4 Å². The molecule has 1 heterocycles. The molecule has 1 aromatic heterocycles. The largest absolute Gasteiger partial charge is 0.336 e. The van der Waals surface area contributed by atoms with E-state index in [1.807, 2.05) is 30.3 Å². The van der Waals surface area contributed by atoms with E-state index in [0.29, 0.717) is 15.4 Å². The lowest BCUT2D eigenvalue weighted by molar-refractivity contribution is 0.0843. The summed E-state index contributed by atoms with van der Waals surface area (Å²) in [6.07, 6.45) is 1.49. The lowest BCUT2D eigenvalue weighted by Gasteiger charge is -2.10. The van der Waals surface area contributed by atoms with E-state index < -0.39 is 11.8 Å². The van der Waals surface area contributed by atoms with Crippen LogP contribution in [0.4, 0.5) is 0 Å². The van der Waals surface area contributed by atoms with E-state index in [0.717, 1.165) is 5.69 Å². The van der Waals surface area contributed by atoms with Gasteiger partial charge in [0.1, 0.15) is 5.69 Å². The second-order valence-corrected chi connectivity index (χ2v) is 5.89. The Labute approximate surface area is 153 Å². The van der Waals surface area contributed by atoms with Crippen LogP contribution < -0.4 is 10.9 Å². The molecule has 0 unspecified atom stereocenters. The Hall–Kier alpha value is -2.90. The smallest absolute Gasteiger partial charge is 0.288 e. The highest BCUT2D eigenvalue weighted by Crippen LogP contribution is 2.12. The average molecular weight is 373 g/mol. The van der Waals surface area contributed by atoms with Crippen LogP contribution in [0.2, 0.25) is 5.02 Å². The third-order valence-corrected chi connectivity index (χ3v) is 3.97. The number of nitrogens with one attached hydrogen (secondary N) is 3. The predicted octanol–water partition coefficient (Wildman–Crippen LogP) is 3.26. The Morgan fingerprint density at radius 1 is 0.960 bits per heavy atom. The topological polar surface area (TPSA) is 78.9 Å². The van der Waals surface area contributed by atoms with Crippen molar-refractivity contribution in [3.8, 4) is 5.69 Å². The molecular weight excluding hydrogens is 360 g/mol. The molecule has 0 aliphatic heterocycles. The number of para-hydroxylation sites is 1. The molecule has 3 rings (SSSR count). The van der Waals surface area contributed by atoms with Gasteiger partial charge in [-0.1, -0.05) is 29.8 Å². The minimum absolute atomic E-state index is 0.271.